The molecule has 154 valence electrons. The zero-order chi connectivity index (χ0) is 21.0. The van der Waals surface area contributed by atoms with Gasteiger partial charge in [-0.2, -0.15) is 0 Å². The van der Waals surface area contributed by atoms with Crippen LogP contribution in [0.25, 0.3) is 0 Å². The van der Waals surface area contributed by atoms with Gasteiger partial charge < -0.3 is 10.2 Å². The molecule has 1 heterocycles. The summed E-state index contributed by atoms with van der Waals surface area (Å²) in [6.07, 6.45) is 1.80. The highest BCUT2D eigenvalue weighted by molar-refractivity contribution is 7.92. The summed E-state index contributed by atoms with van der Waals surface area (Å²) >= 11 is 0. The number of rotatable bonds is 7. The van der Waals surface area contributed by atoms with Gasteiger partial charge in [-0.15, -0.1) is 0 Å². The highest BCUT2D eigenvalue weighted by Gasteiger charge is 2.26. The van der Waals surface area contributed by atoms with Crippen LogP contribution in [0, 0.1) is 0 Å². The van der Waals surface area contributed by atoms with E-state index >= 15 is 0 Å². The average molecular weight is 416 g/mol. The molecule has 2 aromatic rings. The predicted molar refractivity (Wildman–Crippen MR) is 113 cm³/mol. The Labute approximate surface area is 171 Å². The number of carbonyl (C=O) groups excluding carboxylic acids is 2. The van der Waals surface area contributed by atoms with Crippen molar-refractivity contribution in [3.63, 3.8) is 0 Å². The lowest BCUT2D eigenvalue weighted by molar-refractivity contribution is -0.118. The van der Waals surface area contributed by atoms with Crippen LogP contribution in [-0.2, 0) is 21.2 Å². The third kappa shape index (κ3) is 4.42. The van der Waals surface area contributed by atoms with Crippen LogP contribution in [0.3, 0.4) is 0 Å². The molecule has 0 radical (unpaired) electrons. The Hall–Kier alpha value is -2.87. The lowest BCUT2D eigenvalue weighted by Crippen LogP contribution is -2.27. The Morgan fingerprint density at radius 1 is 1.10 bits per heavy atom. The Morgan fingerprint density at radius 3 is 2.59 bits per heavy atom. The van der Waals surface area contributed by atoms with Crippen LogP contribution < -0.4 is 14.9 Å². The highest BCUT2D eigenvalue weighted by atomic mass is 32.2. The molecule has 0 unspecified atom stereocenters. The zero-order valence-electron chi connectivity index (χ0n) is 16.6. The summed E-state index contributed by atoms with van der Waals surface area (Å²) in [5, 5.41) is 2.76. The lowest BCUT2D eigenvalue weighted by Gasteiger charge is -2.17. The molecule has 2 aromatic carbocycles. The van der Waals surface area contributed by atoms with Gasteiger partial charge >= 0.3 is 0 Å². The van der Waals surface area contributed by atoms with Crippen molar-refractivity contribution in [3.8, 4) is 0 Å². The van der Waals surface area contributed by atoms with E-state index in [2.05, 4.69) is 10.0 Å². The Morgan fingerprint density at radius 2 is 1.86 bits per heavy atom. The minimum atomic E-state index is -3.89. The van der Waals surface area contributed by atoms with Crippen molar-refractivity contribution in [3.05, 3.63) is 53.6 Å². The van der Waals surface area contributed by atoms with Crippen LogP contribution in [-0.4, -0.2) is 33.3 Å². The van der Waals surface area contributed by atoms with Gasteiger partial charge in [0.1, 0.15) is 0 Å². The van der Waals surface area contributed by atoms with E-state index in [1.807, 2.05) is 6.92 Å². The fourth-order valence-corrected chi connectivity index (χ4v) is 4.43. The van der Waals surface area contributed by atoms with E-state index in [0.29, 0.717) is 25.9 Å². The smallest absolute Gasteiger partial charge is 0.261 e. The third-order valence-electron chi connectivity index (χ3n) is 4.81. The number of para-hydroxylation sites is 1. The molecule has 0 spiro atoms. The van der Waals surface area contributed by atoms with Crippen LogP contribution in [0.5, 0.6) is 0 Å². The average Bonchev–Trinajstić information content (AvgIpc) is 3.15. The number of hydrogen-bond acceptors (Lipinski definition) is 4. The van der Waals surface area contributed by atoms with Crippen molar-refractivity contribution in [1.29, 1.82) is 0 Å². The molecule has 0 saturated heterocycles. The number of fused-ring (bicyclic) bond motifs is 1. The van der Waals surface area contributed by atoms with Crippen molar-refractivity contribution in [1.82, 2.24) is 5.32 Å². The molecule has 1 aliphatic heterocycles. The van der Waals surface area contributed by atoms with Gasteiger partial charge in [-0.05, 0) is 48.7 Å². The first-order chi connectivity index (χ1) is 13.9. The van der Waals surface area contributed by atoms with Gasteiger partial charge in [0.25, 0.3) is 15.9 Å². The molecule has 0 fully saturated rings. The van der Waals surface area contributed by atoms with Gasteiger partial charge in [0.05, 0.1) is 16.1 Å². The van der Waals surface area contributed by atoms with Gasteiger partial charge in [0, 0.05) is 25.2 Å². The Balaban J connectivity index is 1.87. The van der Waals surface area contributed by atoms with E-state index in [9.17, 15) is 18.0 Å². The molecule has 29 heavy (non-hydrogen) atoms. The molecule has 8 heteroatoms. The van der Waals surface area contributed by atoms with E-state index in [1.165, 1.54) is 6.07 Å². The summed E-state index contributed by atoms with van der Waals surface area (Å²) in [7, 11) is -3.89. The Bertz CT molecular complexity index is 1030. The number of hydrogen-bond donors (Lipinski definition) is 2. The summed E-state index contributed by atoms with van der Waals surface area (Å²) in [5.74, 6) is -0.308. The molecule has 0 saturated carbocycles. The van der Waals surface area contributed by atoms with Crippen LogP contribution in [0.15, 0.2) is 47.4 Å². The van der Waals surface area contributed by atoms with Gasteiger partial charge in [0.2, 0.25) is 5.91 Å². The third-order valence-corrected chi connectivity index (χ3v) is 6.18. The van der Waals surface area contributed by atoms with Crippen molar-refractivity contribution in [2.75, 3.05) is 22.7 Å². The fourth-order valence-electron chi connectivity index (χ4n) is 3.30. The second kappa shape index (κ2) is 8.65. The van der Waals surface area contributed by atoms with E-state index in [1.54, 1.807) is 48.2 Å². The number of benzene rings is 2. The largest absolute Gasteiger partial charge is 0.352 e. The molecule has 3 rings (SSSR count). The standard InChI is InChI=1S/C21H25N3O4S/c1-3-12-22-21(26)17-7-5-6-8-18(17)23-29(27,28)16-9-10-19-15(14-16)11-13-24(19)20(25)4-2/h5-10,14,23H,3-4,11-13H2,1-2H3,(H,22,26). The predicted octanol–water partition coefficient (Wildman–Crippen LogP) is 2.93. The topological polar surface area (TPSA) is 95.6 Å². The molecular weight excluding hydrogens is 390 g/mol. The SMILES string of the molecule is CCCNC(=O)c1ccccc1NS(=O)(=O)c1ccc2c(c1)CCN2C(=O)CC. The van der Waals surface area contributed by atoms with Gasteiger partial charge in [-0.25, -0.2) is 8.42 Å². The quantitative estimate of drug-likeness (QED) is 0.727. The van der Waals surface area contributed by atoms with E-state index in [0.717, 1.165) is 17.7 Å². The second-order valence-electron chi connectivity index (χ2n) is 6.85. The van der Waals surface area contributed by atoms with Gasteiger partial charge in [0.15, 0.2) is 0 Å². The number of sulfonamides is 1. The first-order valence-electron chi connectivity index (χ1n) is 9.70. The molecule has 7 nitrogen and oxygen atoms in total. The molecule has 0 aromatic heterocycles. The second-order valence-corrected chi connectivity index (χ2v) is 8.53. The molecule has 2 amide bonds. The minimum absolute atomic E-state index is 0.0181. The fraction of sp³-hybridized carbons (Fsp3) is 0.333. The van der Waals surface area contributed by atoms with Gasteiger partial charge in [-0.1, -0.05) is 26.0 Å². The highest BCUT2D eigenvalue weighted by Crippen LogP contribution is 2.31. The lowest BCUT2D eigenvalue weighted by atomic mass is 10.1. The normalized spacial score (nSPS) is 13.1. The molecule has 0 aliphatic carbocycles. The first kappa shape index (κ1) is 20.9. The maximum atomic E-state index is 12.9. The van der Waals surface area contributed by atoms with Crippen LogP contribution >= 0.6 is 0 Å². The molecule has 0 bridgehead atoms. The number of nitrogens with one attached hydrogen (secondary N) is 2. The number of nitrogens with zero attached hydrogens (tertiary/aromatic N) is 1. The van der Waals surface area contributed by atoms with Crippen molar-refractivity contribution in [2.24, 2.45) is 0 Å². The molecule has 1 aliphatic rings. The first-order valence-corrected chi connectivity index (χ1v) is 11.2. The number of anilines is 2. The molecular formula is C21H25N3O4S. The van der Waals surface area contributed by atoms with Crippen LogP contribution in [0.4, 0.5) is 11.4 Å². The van der Waals surface area contributed by atoms with E-state index in [-0.39, 0.29) is 28.0 Å². The molecule has 0 atom stereocenters. The van der Waals surface area contributed by atoms with Gasteiger partial charge in [-0.3, -0.25) is 14.3 Å². The minimum Gasteiger partial charge on any atom is -0.352 e. The Kier molecular flexibility index (Phi) is 6.22. The van der Waals surface area contributed by atoms with Crippen molar-refractivity contribution in [2.45, 2.75) is 38.0 Å². The number of amides is 2. The summed E-state index contributed by atoms with van der Waals surface area (Å²) in [4.78, 5) is 26.2. The van der Waals surface area contributed by atoms with E-state index in [4.69, 9.17) is 0 Å². The van der Waals surface area contributed by atoms with Crippen molar-refractivity contribution < 1.29 is 18.0 Å². The number of carbonyl (C=O) groups is 2. The summed E-state index contributed by atoms with van der Waals surface area (Å²) in [6.45, 7) is 4.81. The molecule has 2 N–H and O–H groups in total. The summed E-state index contributed by atoms with van der Waals surface area (Å²) < 4.78 is 28.4. The van der Waals surface area contributed by atoms with Crippen molar-refractivity contribution >= 4 is 33.2 Å². The zero-order valence-corrected chi connectivity index (χ0v) is 17.4. The maximum absolute atomic E-state index is 12.9. The maximum Gasteiger partial charge on any atom is 0.261 e. The van der Waals surface area contributed by atoms with Crippen LogP contribution in [0.1, 0.15) is 42.6 Å². The van der Waals surface area contributed by atoms with E-state index < -0.39 is 10.0 Å². The van der Waals surface area contributed by atoms with Crippen LogP contribution in [0.2, 0.25) is 0 Å². The summed E-state index contributed by atoms with van der Waals surface area (Å²) in [5.41, 5.74) is 2.08. The monoisotopic (exact) mass is 415 g/mol. The summed E-state index contributed by atoms with van der Waals surface area (Å²) in [6, 6.07) is 11.3.